The fourth-order valence-electron chi connectivity index (χ4n) is 10.7. The highest BCUT2D eigenvalue weighted by atomic mass is 32.1. The summed E-state index contributed by atoms with van der Waals surface area (Å²) in [5.41, 5.74) is 21.0. The van der Waals surface area contributed by atoms with Crippen molar-refractivity contribution in [3.05, 3.63) is 259 Å². The van der Waals surface area contributed by atoms with Gasteiger partial charge in [0.05, 0.1) is 5.41 Å². The predicted octanol–water partition coefficient (Wildman–Crippen LogP) is 16.9. The summed E-state index contributed by atoms with van der Waals surface area (Å²) in [6.45, 7) is 0. The van der Waals surface area contributed by atoms with Gasteiger partial charge in [-0.25, -0.2) is 0 Å². The van der Waals surface area contributed by atoms with Crippen molar-refractivity contribution in [2.45, 2.75) is 5.41 Å². The molecule has 0 fully saturated rings. The van der Waals surface area contributed by atoms with E-state index in [1.54, 1.807) is 0 Å². The minimum Gasteiger partial charge on any atom is -0.311 e. The highest BCUT2D eigenvalue weighted by molar-refractivity contribution is 7.26. The van der Waals surface area contributed by atoms with Crippen molar-refractivity contribution >= 4 is 48.6 Å². The molecule has 1 nitrogen and oxygen atoms in total. The van der Waals surface area contributed by atoms with Crippen molar-refractivity contribution in [3.8, 4) is 55.6 Å². The highest BCUT2D eigenvalue weighted by Crippen LogP contribution is 2.64. The molecule has 0 N–H and O–H groups in total. The molecule has 0 unspecified atom stereocenters. The third kappa shape index (κ3) is 5.42. The van der Waals surface area contributed by atoms with Gasteiger partial charge < -0.3 is 4.90 Å². The number of fused-ring (bicyclic) bond motifs is 14. The van der Waals surface area contributed by atoms with Crippen LogP contribution in [-0.2, 0) is 5.41 Å². The Morgan fingerprint density at radius 3 is 1.33 bits per heavy atom. The second kappa shape index (κ2) is 14.1. The van der Waals surface area contributed by atoms with E-state index in [1.165, 1.54) is 98.1 Å². The van der Waals surface area contributed by atoms with E-state index in [0.29, 0.717) is 0 Å². The first kappa shape index (κ1) is 35.9. The topological polar surface area (TPSA) is 3.24 Å². The number of hydrogen-bond donors (Lipinski definition) is 0. The van der Waals surface area contributed by atoms with E-state index in [2.05, 4.69) is 241 Å². The maximum atomic E-state index is 2.50. The van der Waals surface area contributed by atoms with Gasteiger partial charge in [0.15, 0.2) is 0 Å². The van der Waals surface area contributed by atoms with Crippen LogP contribution in [0.1, 0.15) is 22.3 Å². The summed E-state index contributed by atoms with van der Waals surface area (Å²) in [7, 11) is 0. The molecule has 2 aliphatic rings. The molecular formula is C61H39NS. The van der Waals surface area contributed by atoms with Gasteiger partial charge in [-0.15, -0.1) is 11.3 Å². The summed E-state index contributed by atoms with van der Waals surface area (Å²) in [4.78, 5) is 2.37. The van der Waals surface area contributed by atoms with Gasteiger partial charge in [0.2, 0.25) is 0 Å². The Bertz CT molecular complexity index is 3400. The van der Waals surface area contributed by atoms with Gasteiger partial charge in [-0.3, -0.25) is 0 Å². The fourth-order valence-corrected chi connectivity index (χ4v) is 12.0. The quantitative estimate of drug-likeness (QED) is 0.162. The minimum absolute atomic E-state index is 0.424. The van der Waals surface area contributed by atoms with Crippen LogP contribution < -0.4 is 4.90 Å². The summed E-state index contributed by atoms with van der Waals surface area (Å²) in [5, 5.41) is 2.67. The van der Waals surface area contributed by atoms with E-state index in [9.17, 15) is 0 Å². The molecular weight excluding hydrogens is 779 g/mol. The zero-order valence-corrected chi connectivity index (χ0v) is 35.2. The molecule has 0 radical (unpaired) electrons. The molecule has 0 amide bonds. The molecule has 10 aromatic carbocycles. The van der Waals surface area contributed by atoms with Gasteiger partial charge in [-0.2, -0.15) is 0 Å². The summed E-state index contributed by atoms with van der Waals surface area (Å²) in [6, 6.07) is 87.4. The van der Waals surface area contributed by atoms with Crippen LogP contribution in [-0.4, -0.2) is 0 Å². The molecule has 2 aliphatic carbocycles. The Morgan fingerprint density at radius 2 is 0.762 bits per heavy atom. The summed E-state index contributed by atoms with van der Waals surface area (Å²) in [6.07, 6.45) is 0. The van der Waals surface area contributed by atoms with Crippen LogP contribution in [0, 0.1) is 0 Å². The maximum Gasteiger partial charge on any atom is 0.0726 e. The average molecular weight is 818 g/mol. The molecule has 0 saturated carbocycles. The van der Waals surface area contributed by atoms with E-state index < -0.39 is 5.41 Å². The Balaban J connectivity index is 0.953. The van der Waals surface area contributed by atoms with Gasteiger partial charge in [0, 0.05) is 42.8 Å². The first-order chi connectivity index (χ1) is 31.2. The standard InChI is InChI=1S/C61H39NS/c1-3-13-40(14-4-1)42-23-30-46(31-24-42)62(47-32-25-43(26-33-47)41-15-5-2-6-16-41)48-34-27-44(28-35-48)45-29-36-53-57(39-45)61(54-20-10-7-17-49(54)50-18-8-11-21-55(50)61)56-38-37-52-51-19-9-12-22-58(51)63-60(52)59(53)56/h1-39H. The summed E-state index contributed by atoms with van der Waals surface area (Å²) >= 11 is 1.93. The van der Waals surface area contributed by atoms with Crippen molar-refractivity contribution in [3.63, 3.8) is 0 Å². The van der Waals surface area contributed by atoms with Crippen LogP contribution in [0.4, 0.5) is 17.1 Å². The third-order valence-corrected chi connectivity index (χ3v) is 14.7. The second-order valence-corrected chi connectivity index (χ2v) is 17.8. The lowest BCUT2D eigenvalue weighted by atomic mass is 9.70. The number of thiophene rings is 1. The van der Waals surface area contributed by atoms with E-state index in [4.69, 9.17) is 0 Å². The van der Waals surface area contributed by atoms with Gasteiger partial charge in [0.1, 0.15) is 0 Å². The minimum atomic E-state index is -0.424. The van der Waals surface area contributed by atoms with Gasteiger partial charge in [-0.05, 0) is 121 Å². The molecule has 1 heterocycles. The predicted molar refractivity (Wildman–Crippen MR) is 267 cm³/mol. The van der Waals surface area contributed by atoms with Gasteiger partial charge in [0.25, 0.3) is 0 Å². The Morgan fingerprint density at radius 1 is 0.302 bits per heavy atom. The summed E-state index contributed by atoms with van der Waals surface area (Å²) in [5.74, 6) is 0. The van der Waals surface area contributed by atoms with Gasteiger partial charge in [-0.1, -0.05) is 188 Å². The lowest BCUT2D eigenvalue weighted by Crippen LogP contribution is -2.25. The normalized spacial score (nSPS) is 12.9. The molecule has 11 aromatic rings. The van der Waals surface area contributed by atoms with Crippen LogP contribution in [0.3, 0.4) is 0 Å². The largest absolute Gasteiger partial charge is 0.311 e. The molecule has 0 aliphatic heterocycles. The average Bonchev–Trinajstić information content (AvgIpc) is 3.99. The monoisotopic (exact) mass is 817 g/mol. The molecule has 63 heavy (non-hydrogen) atoms. The molecule has 1 spiro atoms. The smallest absolute Gasteiger partial charge is 0.0726 e. The van der Waals surface area contributed by atoms with Crippen LogP contribution in [0.15, 0.2) is 237 Å². The molecule has 294 valence electrons. The van der Waals surface area contributed by atoms with Crippen molar-refractivity contribution in [2.75, 3.05) is 4.90 Å². The van der Waals surface area contributed by atoms with Crippen molar-refractivity contribution in [1.82, 2.24) is 0 Å². The van der Waals surface area contributed by atoms with Gasteiger partial charge >= 0.3 is 0 Å². The zero-order valence-electron chi connectivity index (χ0n) is 34.4. The van der Waals surface area contributed by atoms with E-state index in [1.807, 2.05) is 11.3 Å². The number of hydrogen-bond acceptors (Lipinski definition) is 2. The molecule has 13 rings (SSSR count). The molecule has 1 aromatic heterocycles. The van der Waals surface area contributed by atoms with E-state index in [0.717, 1.165) is 17.1 Å². The summed E-state index contributed by atoms with van der Waals surface area (Å²) < 4.78 is 2.71. The Hall–Kier alpha value is -7.78. The van der Waals surface area contributed by atoms with Crippen LogP contribution in [0.25, 0.3) is 75.8 Å². The van der Waals surface area contributed by atoms with Crippen molar-refractivity contribution in [1.29, 1.82) is 0 Å². The fraction of sp³-hybridized carbons (Fsp3) is 0.0164. The van der Waals surface area contributed by atoms with E-state index in [-0.39, 0.29) is 0 Å². The van der Waals surface area contributed by atoms with Crippen molar-refractivity contribution < 1.29 is 0 Å². The van der Waals surface area contributed by atoms with Crippen LogP contribution in [0.5, 0.6) is 0 Å². The highest BCUT2D eigenvalue weighted by Gasteiger charge is 2.52. The third-order valence-electron chi connectivity index (χ3n) is 13.5. The molecule has 0 bridgehead atoms. The van der Waals surface area contributed by atoms with Crippen LogP contribution in [0.2, 0.25) is 0 Å². The number of nitrogens with zero attached hydrogens (tertiary/aromatic N) is 1. The molecule has 0 saturated heterocycles. The SMILES string of the molecule is c1ccc(-c2ccc(N(c3ccc(-c4ccccc4)cc3)c3ccc(-c4ccc5c(c4)C4(c6ccccc6-c6ccccc64)c4ccc6c(sc7ccccc76)c4-5)cc3)cc2)cc1. The lowest BCUT2D eigenvalue weighted by Gasteiger charge is -2.30. The number of benzene rings is 10. The van der Waals surface area contributed by atoms with Crippen molar-refractivity contribution in [2.24, 2.45) is 0 Å². The Labute approximate surface area is 371 Å². The van der Waals surface area contributed by atoms with Crippen LogP contribution >= 0.6 is 11.3 Å². The lowest BCUT2D eigenvalue weighted by molar-refractivity contribution is 0.795. The number of rotatable bonds is 6. The first-order valence-corrected chi connectivity index (χ1v) is 22.6. The Kier molecular flexibility index (Phi) is 8.06. The molecule has 2 heteroatoms. The molecule has 0 atom stereocenters. The van der Waals surface area contributed by atoms with E-state index >= 15 is 0 Å². The first-order valence-electron chi connectivity index (χ1n) is 21.7. The maximum absolute atomic E-state index is 2.50. The zero-order chi connectivity index (χ0) is 41.5. The number of anilines is 3. The second-order valence-electron chi connectivity index (χ2n) is 16.8.